The molecule has 16 heteroatoms. The standard InChI is InChI=1S/C47H80O16/c1-10-32(48)21-33-27(3)15-19-46(62-33)23-35-28(4)36(63-46)24-47(56)31(20-26(2)25-58-47)14-12-11-13-17-44(7,54)43(53)41(61-38-22-34(57-9)40(51)30(6)59-38)39(50)29(5)42(52)45(8,55)18-16-37(49)60-35/h12,14,16,18,26-36,38-43,48,50-56H,10-11,13,15,17,19-25H2,1-9H3/t26-,27-,28-,29+,30-,31+,32-,33-,34-,35+,36+,38+,39-,40+,41-,42+,43-,44+,45-,46-,47+/m0/s1. The van der Waals surface area contributed by atoms with Gasteiger partial charge >= 0.3 is 5.97 Å². The van der Waals surface area contributed by atoms with E-state index in [-0.39, 0.29) is 43.6 Å². The van der Waals surface area contributed by atoms with E-state index >= 15 is 0 Å². The van der Waals surface area contributed by atoms with Gasteiger partial charge in [-0.15, -0.1) is 0 Å². The predicted molar refractivity (Wildman–Crippen MR) is 229 cm³/mol. The van der Waals surface area contributed by atoms with Gasteiger partial charge in [-0.25, -0.2) is 4.79 Å². The molecule has 0 saturated carbocycles. The Morgan fingerprint density at radius 1 is 0.905 bits per heavy atom. The lowest BCUT2D eigenvalue weighted by molar-refractivity contribution is -0.362. The molecule has 16 nitrogen and oxygen atoms in total. The lowest BCUT2D eigenvalue weighted by Crippen LogP contribution is -2.59. The van der Waals surface area contributed by atoms with E-state index in [0.717, 1.165) is 18.6 Å². The summed E-state index contributed by atoms with van der Waals surface area (Å²) >= 11 is 0. The number of carbonyl (C=O) groups is 1. The zero-order valence-electron chi connectivity index (χ0n) is 39.0. The monoisotopic (exact) mass is 901 g/mol. The van der Waals surface area contributed by atoms with Crippen LogP contribution >= 0.6 is 0 Å². The van der Waals surface area contributed by atoms with Crippen molar-refractivity contribution in [2.24, 2.45) is 29.6 Å². The van der Waals surface area contributed by atoms with Crippen molar-refractivity contribution in [2.75, 3.05) is 13.7 Å². The average molecular weight is 901 g/mol. The summed E-state index contributed by atoms with van der Waals surface area (Å²) in [6.07, 6.45) is -2.72. The Kier molecular flexibility index (Phi) is 17.9. The highest BCUT2D eigenvalue weighted by atomic mass is 16.7. The second-order valence-corrected chi connectivity index (χ2v) is 20.2. The first kappa shape index (κ1) is 52.4. The second-order valence-electron chi connectivity index (χ2n) is 20.2. The van der Waals surface area contributed by atoms with Crippen LogP contribution in [0.3, 0.4) is 0 Å². The van der Waals surface area contributed by atoms with Gasteiger partial charge in [0, 0.05) is 56.6 Å². The van der Waals surface area contributed by atoms with Gasteiger partial charge in [-0.2, -0.15) is 0 Å². The maximum absolute atomic E-state index is 13.7. The molecule has 0 aromatic rings. The van der Waals surface area contributed by atoms with Crippen LogP contribution in [-0.4, -0.2) is 157 Å². The van der Waals surface area contributed by atoms with Gasteiger partial charge in [-0.1, -0.05) is 46.8 Å². The van der Waals surface area contributed by atoms with E-state index in [2.05, 4.69) is 6.92 Å². The molecule has 5 rings (SSSR count). The Labute approximate surface area is 373 Å². The van der Waals surface area contributed by atoms with E-state index in [1.54, 1.807) is 6.92 Å². The van der Waals surface area contributed by atoms with Gasteiger partial charge in [0.2, 0.25) is 0 Å². The van der Waals surface area contributed by atoms with Crippen LogP contribution in [0.2, 0.25) is 0 Å². The smallest absolute Gasteiger partial charge is 0.330 e. The molecule has 2 bridgehead atoms. The van der Waals surface area contributed by atoms with Crippen LogP contribution in [0, 0.1) is 29.6 Å². The number of fused-ring (bicyclic) bond motifs is 3. The third kappa shape index (κ3) is 12.7. The molecule has 0 radical (unpaired) electrons. The van der Waals surface area contributed by atoms with E-state index in [1.165, 1.54) is 27.9 Å². The van der Waals surface area contributed by atoms with Crippen molar-refractivity contribution in [3.8, 4) is 0 Å². The third-order valence-electron chi connectivity index (χ3n) is 14.8. The summed E-state index contributed by atoms with van der Waals surface area (Å²) in [6, 6.07) is 0. The van der Waals surface area contributed by atoms with Crippen LogP contribution in [0.5, 0.6) is 0 Å². The average Bonchev–Trinajstić information content (AvgIpc) is 3.23. The van der Waals surface area contributed by atoms with Crippen molar-refractivity contribution in [1.29, 1.82) is 0 Å². The molecule has 4 fully saturated rings. The number of hydrogen-bond donors (Lipinski definition) is 8. The van der Waals surface area contributed by atoms with Crippen molar-refractivity contribution < 1.29 is 78.8 Å². The Morgan fingerprint density at radius 2 is 1.62 bits per heavy atom. The fourth-order valence-electron chi connectivity index (χ4n) is 10.1. The van der Waals surface area contributed by atoms with Crippen LogP contribution in [0.1, 0.15) is 126 Å². The summed E-state index contributed by atoms with van der Waals surface area (Å²) < 4.78 is 43.6. The van der Waals surface area contributed by atoms with Crippen molar-refractivity contribution in [3.63, 3.8) is 0 Å². The van der Waals surface area contributed by atoms with Gasteiger partial charge < -0.3 is 74.0 Å². The van der Waals surface area contributed by atoms with Gasteiger partial charge in [-0.05, 0) is 83.6 Å². The minimum absolute atomic E-state index is 0.0294. The van der Waals surface area contributed by atoms with Gasteiger partial charge in [0.15, 0.2) is 17.9 Å². The van der Waals surface area contributed by atoms with Gasteiger partial charge in [0.05, 0.1) is 54.9 Å². The minimum Gasteiger partial charge on any atom is -0.459 e. The largest absolute Gasteiger partial charge is 0.459 e. The molecule has 0 amide bonds. The summed E-state index contributed by atoms with van der Waals surface area (Å²) in [4.78, 5) is 13.7. The molecule has 5 heterocycles. The molecule has 5 aliphatic heterocycles. The number of ether oxygens (including phenoxy) is 7. The predicted octanol–water partition coefficient (Wildman–Crippen LogP) is 3.16. The van der Waals surface area contributed by atoms with Gasteiger partial charge in [0.25, 0.3) is 0 Å². The van der Waals surface area contributed by atoms with Crippen LogP contribution in [-0.2, 0) is 38.0 Å². The number of aliphatic hydroxyl groups excluding tert-OH is 5. The van der Waals surface area contributed by atoms with Crippen molar-refractivity contribution in [2.45, 2.75) is 222 Å². The van der Waals surface area contributed by atoms with Crippen molar-refractivity contribution in [3.05, 3.63) is 24.3 Å². The lowest BCUT2D eigenvalue weighted by atomic mass is 9.77. The normalized spacial score (nSPS) is 49.3. The number of esters is 1. The SMILES string of the molecule is CC[C@H](O)C[C@@H]1O[C@]2(CC[C@@H]1C)C[C@H]1OC(=O)C=C[C@](C)(O)[C@H](O)[C@H](C)[C@H](O)[C@H](O[C@@H]3C[C@H](OC)[C@H](O)[C@H](C)O3)[C@H](O)[C@](C)(O)CCCC=C[C@@H]3C[C@H](C)CO[C@]3(O)C[C@@H](O2)[C@H]1C. The Hall–Kier alpha value is -1.61. The molecular weight excluding hydrogens is 821 g/mol. The number of aliphatic hydroxyl groups is 8. The molecule has 0 unspecified atom stereocenters. The molecule has 0 aromatic heterocycles. The van der Waals surface area contributed by atoms with E-state index in [0.29, 0.717) is 45.1 Å². The quantitative estimate of drug-likeness (QED) is 0.141. The Balaban J connectivity index is 1.49. The zero-order valence-corrected chi connectivity index (χ0v) is 39.0. The Morgan fingerprint density at radius 3 is 2.30 bits per heavy atom. The maximum atomic E-state index is 13.7. The lowest BCUT2D eigenvalue weighted by Gasteiger charge is -2.53. The summed E-state index contributed by atoms with van der Waals surface area (Å²) in [7, 11) is 1.43. The Bertz CT molecular complexity index is 1520. The maximum Gasteiger partial charge on any atom is 0.330 e. The van der Waals surface area contributed by atoms with Crippen LogP contribution < -0.4 is 0 Å². The molecule has 0 aromatic carbocycles. The first-order valence-corrected chi connectivity index (χ1v) is 23.4. The van der Waals surface area contributed by atoms with Crippen molar-refractivity contribution in [1.82, 2.24) is 0 Å². The van der Waals surface area contributed by atoms with E-state index < -0.39 is 114 Å². The molecule has 8 N–H and O–H groups in total. The number of methoxy groups -OCH3 is 1. The fourth-order valence-corrected chi connectivity index (χ4v) is 10.1. The minimum atomic E-state index is -2.13. The van der Waals surface area contributed by atoms with Gasteiger partial charge in [-0.3, -0.25) is 0 Å². The first-order chi connectivity index (χ1) is 29.4. The van der Waals surface area contributed by atoms with E-state index in [1.807, 2.05) is 32.9 Å². The highest BCUT2D eigenvalue weighted by Gasteiger charge is 2.55. The highest BCUT2D eigenvalue weighted by molar-refractivity contribution is 5.82. The highest BCUT2D eigenvalue weighted by Crippen LogP contribution is 2.48. The molecule has 1 spiro atoms. The van der Waals surface area contributed by atoms with Crippen LogP contribution in [0.25, 0.3) is 0 Å². The van der Waals surface area contributed by atoms with Crippen LogP contribution in [0.4, 0.5) is 0 Å². The number of rotatable bonds is 6. The van der Waals surface area contributed by atoms with E-state index in [4.69, 9.17) is 33.2 Å². The summed E-state index contributed by atoms with van der Waals surface area (Å²) in [5, 5.41) is 92.3. The number of allylic oxidation sites excluding steroid dienone is 1. The summed E-state index contributed by atoms with van der Waals surface area (Å²) in [6.45, 7) is 14.0. The summed E-state index contributed by atoms with van der Waals surface area (Å²) in [5.74, 6) is -5.51. The zero-order chi connectivity index (χ0) is 46.7. The molecule has 5 aliphatic rings. The van der Waals surface area contributed by atoms with Crippen molar-refractivity contribution >= 4 is 5.97 Å². The molecule has 4 saturated heterocycles. The molecule has 364 valence electrons. The molecular formula is C47H80O16. The number of hydrogen-bond acceptors (Lipinski definition) is 16. The first-order valence-electron chi connectivity index (χ1n) is 23.4. The number of carbonyl (C=O) groups excluding carboxylic acids is 1. The van der Waals surface area contributed by atoms with Gasteiger partial charge in [0.1, 0.15) is 30.0 Å². The molecule has 0 aliphatic carbocycles. The fraction of sp³-hybridized carbons (Fsp3) is 0.894. The van der Waals surface area contributed by atoms with Crippen LogP contribution in [0.15, 0.2) is 24.3 Å². The summed E-state index contributed by atoms with van der Waals surface area (Å²) in [5.41, 5.74) is -3.97. The second kappa shape index (κ2) is 21.6. The third-order valence-corrected chi connectivity index (χ3v) is 14.8. The molecule has 21 atom stereocenters. The van der Waals surface area contributed by atoms with E-state index in [9.17, 15) is 45.6 Å². The topological polar surface area (TPSA) is 244 Å². The molecule has 63 heavy (non-hydrogen) atoms.